The summed E-state index contributed by atoms with van der Waals surface area (Å²) in [5, 5.41) is 1.25. The van der Waals surface area contributed by atoms with Crippen LogP contribution in [0.2, 0.25) is 5.02 Å². The molecule has 0 radical (unpaired) electrons. The van der Waals surface area contributed by atoms with E-state index in [-0.39, 0.29) is 5.82 Å². The molecule has 0 aliphatic rings. The van der Waals surface area contributed by atoms with Crippen LogP contribution in [0.1, 0.15) is 24.6 Å². The zero-order valence-electron chi connectivity index (χ0n) is 9.00. The number of thiazole rings is 1. The van der Waals surface area contributed by atoms with Crippen LogP contribution >= 0.6 is 22.9 Å². The Morgan fingerprint density at radius 1 is 1.38 bits per heavy atom. The Hall–Kier alpha value is -0.930. The molecule has 0 amide bonds. The largest absolute Gasteiger partial charge is 0.244 e. The Kier molecular flexibility index (Phi) is 3.26. The minimum absolute atomic E-state index is 0.325. The highest BCUT2D eigenvalue weighted by molar-refractivity contribution is 7.15. The van der Waals surface area contributed by atoms with Crippen molar-refractivity contribution >= 4 is 22.9 Å². The predicted octanol–water partition coefficient (Wildman–Crippen LogP) is 4.73. The van der Waals surface area contributed by atoms with Crippen LogP contribution in [0.3, 0.4) is 0 Å². The lowest BCUT2D eigenvalue weighted by Gasteiger charge is -2.00. The summed E-state index contributed by atoms with van der Waals surface area (Å²) in [5.74, 6) is 0.125. The van der Waals surface area contributed by atoms with E-state index in [0.29, 0.717) is 10.9 Å². The second-order valence-corrected chi connectivity index (χ2v) is 5.32. The summed E-state index contributed by atoms with van der Waals surface area (Å²) in [6.07, 6.45) is 1.85. The molecule has 0 spiro atoms. The molecular formula is C12H11ClFNS. The highest BCUT2D eigenvalue weighted by Gasteiger charge is 2.10. The molecule has 0 saturated heterocycles. The number of aromatic nitrogens is 1. The molecule has 0 unspecified atom stereocenters. The number of hydrogen-bond acceptors (Lipinski definition) is 2. The summed E-state index contributed by atoms with van der Waals surface area (Å²) in [5.41, 5.74) is 0.792. The van der Waals surface area contributed by atoms with Crippen LogP contribution in [0.4, 0.5) is 4.39 Å². The topological polar surface area (TPSA) is 12.9 Å². The van der Waals surface area contributed by atoms with Gasteiger partial charge in [0.25, 0.3) is 0 Å². The van der Waals surface area contributed by atoms with Crippen molar-refractivity contribution in [1.82, 2.24) is 4.98 Å². The lowest BCUT2D eigenvalue weighted by molar-refractivity contribution is 0.628. The zero-order valence-corrected chi connectivity index (χ0v) is 10.6. The summed E-state index contributed by atoms with van der Waals surface area (Å²) < 4.78 is 12.9. The van der Waals surface area contributed by atoms with E-state index in [2.05, 4.69) is 18.8 Å². The number of nitrogens with zero attached hydrogens (tertiary/aromatic N) is 1. The molecule has 0 aliphatic carbocycles. The predicted molar refractivity (Wildman–Crippen MR) is 66.6 cm³/mol. The summed E-state index contributed by atoms with van der Waals surface area (Å²) in [4.78, 5) is 5.51. The Bertz CT molecular complexity index is 507. The first-order valence-electron chi connectivity index (χ1n) is 4.99. The van der Waals surface area contributed by atoms with E-state index in [4.69, 9.17) is 11.6 Å². The Balaban J connectivity index is 2.42. The minimum atomic E-state index is -0.325. The molecule has 4 heteroatoms. The normalized spacial score (nSPS) is 11.1. The number of benzene rings is 1. The van der Waals surface area contributed by atoms with E-state index >= 15 is 0 Å². The van der Waals surface area contributed by atoms with Crippen molar-refractivity contribution < 1.29 is 4.39 Å². The van der Waals surface area contributed by atoms with E-state index in [1.807, 2.05) is 6.20 Å². The molecule has 84 valence electrons. The molecular weight excluding hydrogens is 245 g/mol. The minimum Gasteiger partial charge on any atom is -0.244 e. The summed E-state index contributed by atoms with van der Waals surface area (Å²) in [7, 11) is 0. The Morgan fingerprint density at radius 3 is 2.69 bits per heavy atom. The van der Waals surface area contributed by atoms with Crippen LogP contribution in [0.25, 0.3) is 10.6 Å². The van der Waals surface area contributed by atoms with Gasteiger partial charge in [-0.05, 0) is 24.1 Å². The third-order valence-electron chi connectivity index (χ3n) is 2.25. The van der Waals surface area contributed by atoms with Gasteiger partial charge < -0.3 is 0 Å². The second-order valence-electron chi connectivity index (χ2n) is 3.85. The van der Waals surface area contributed by atoms with Gasteiger partial charge in [-0.15, -0.1) is 11.3 Å². The van der Waals surface area contributed by atoms with Gasteiger partial charge >= 0.3 is 0 Å². The van der Waals surface area contributed by atoms with Crippen LogP contribution in [-0.4, -0.2) is 4.98 Å². The third kappa shape index (κ3) is 2.25. The average molecular weight is 256 g/mol. The maximum Gasteiger partial charge on any atom is 0.125 e. The Labute approximate surface area is 103 Å². The molecule has 0 N–H and O–H groups in total. The fraction of sp³-hybridized carbons (Fsp3) is 0.250. The molecule has 2 aromatic rings. The van der Waals surface area contributed by atoms with Gasteiger partial charge in [0.15, 0.2) is 0 Å². The van der Waals surface area contributed by atoms with Gasteiger partial charge in [-0.1, -0.05) is 25.4 Å². The van der Waals surface area contributed by atoms with Gasteiger partial charge in [0, 0.05) is 16.6 Å². The van der Waals surface area contributed by atoms with Crippen LogP contribution in [0.5, 0.6) is 0 Å². The molecule has 0 fully saturated rings. The van der Waals surface area contributed by atoms with Gasteiger partial charge in [-0.2, -0.15) is 0 Å². The van der Waals surface area contributed by atoms with Crippen LogP contribution < -0.4 is 0 Å². The van der Waals surface area contributed by atoms with Gasteiger partial charge in [-0.25, -0.2) is 9.37 Å². The second kappa shape index (κ2) is 4.52. The van der Waals surface area contributed by atoms with Crippen LogP contribution in [-0.2, 0) is 0 Å². The monoisotopic (exact) mass is 255 g/mol. The van der Waals surface area contributed by atoms with E-state index < -0.39 is 0 Å². The SMILES string of the molecule is CC(C)c1cnc(-c2ccc(F)cc2Cl)s1. The fourth-order valence-corrected chi connectivity index (χ4v) is 2.61. The van der Waals surface area contributed by atoms with Gasteiger partial charge in [-0.3, -0.25) is 0 Å². The van der Waals surface area contributed by atoms with Crippen molar-refractivity contribution in [2.24, 2.45) is 0 Å². The van der Waals surface area contributed by atoms with E-state index in [1.165, 1.54) is 17.0 Å². The van der Waals surface area contributed by atoms with E-state index in [9.17, 15) is 4.39 Å². The average Bonchev–Trinajstić information content (AvgIpc) is 2.66. The van der Waals surface area contributed by atoms with E-state index in [1.54, 1.807) is 17.4 Å². The highest BCUT2D eigenvalue weighted by atomic mass is 35.5. The van der Waals surface area contributed by atoms with Crippen LogP contribution in [0.15, 0.2) is 24.4 Å². The van der Waals surface area contributed by atoms with Crippen molar-refractivity contribution in [2.45, 2.75) is 19.8 Å². The summed E-state index contributed by atoms with van der Waals surface area (Å²) >= 11 is 7.58. The number of hydrogen-bond donors (Lipinski definition) is 0. The molecule has 1 heterocycles. The lowest BCUT2D eigenvalue weighted by atomic mass is 10.2. The maximum absolute atomic E-state index is 12.9. The molecule has 1 aromatic carbocycles. The van der Waals surface area contributed by atoms with Crippen molar-refractivity contribution in [3.05, 3.63) is 40.1 Å². The molecule has 1 nitrogen and oxygen atoms in total. The molecule has 0 aliphatic heterocycles. The Morgan fingerprint density at radius 2 is 2.12 bits per heavy atom. The molecule has 16 heavy (non-hydrogen) atoms. The maximum atomic E-state index is 12.9. The standard InChI is InChI=1S/C12H11ClFNS/c1-7(2)11-6-15-12(16-11)9-4-3-8(14)5-10(9)13/h3-7H,1-2H3. The van der Waals surface area contributed by atoms with E-state index in [0.717, 1.165) is 10.6 Å². The number of rotatable bonds is 2. The fourth-order valence-electron chi connectivity index (χ4n) is 1.34. The zero-order chi connectivity index (χ0) is 11.7. The van der Waals surface area contributed by atoms with Crippen molar-refractivity contribution in [3.8, 4) is 10.6 Å². The van der Waals surface area contributed by atoms with Gasteiger partial charge in [0.2, 0.25) is 0 Å². The van der Waals surface area contributed by atoms with Gasteiger partial charge in [0.05, 0.1) is 5.02 Å². The molecule has 0 saturated carbocycles. The molecule has 1 aromatic heterocycles. The number of halogens is 2. The quantitative estimate of drug-likeness (QED) is 0.756. The van der Waals surface area contributed by atoms with Crippen molar-refractivity contribution in [2.75, 3.05) is 0 Å². The summed E-state index contributed by atoms with van der Waals surface area (Å²) in [6, 6.07) is 4.38. The highest BCUT2D eigenvalue weighted by Crippen LogP contribution is 2.33. The van der Waals surface area contributed by atoms with Gasteiger partial charge in [0.1, 0.15) is 10.8 Å². The third-order valence-corrected chi connectivity index (χ3v) is 3.90. The smallest absolute Gasteiger partial charge is 0.125 e. The first kappa shape index (κ1) is 11.6. The molecule has 0 atom stereocenters. The van der Waals surface area contributed by atoms with Crippen LogP contribution in [0, 0.1) is 5.82 Å². The lowest BCUT2D eigenvalue weighted by Crippen LogP contribution is -1.79. The molecule has 0 bridgehead atoms. The summed E-state index contributed by atoms with van der Waals surface area (Å²) in [6.45, 7) is 4.23. The molecule has 2 rings (SSSR count). The first-order chi connectivity index (χ1) is 7.58. The van der Waals surface area contributed by atoms with Crippen molar-refractivity contribution in [3.63, 3.8) is 0 Å². The first-order valence-corrected chi connectivity index (χ1v) is 6.18. The van der Waals surface area contributed by atoms with Crippen molar-refractivity contribution in [1.29, 1.82) is 0 Å².